The summed E-state index contributed by atoms with van der Waals surface area (Å²) in [5, 5.41) is 8.96. The lowest BCUT2D eigenvalue weighted by atomic mass is 10.1. The second-order valence-corrected chi connectivity index (χ2v) is 5.29. The zero-order chi connectivity index (χ0) is 15.1. The van der Waals surface area contributed by atoms with Crippen molar-refractivity contribution in [2.45, 2.75) is 40.0 Å². The molecule has 0 bridgehead atoms. The molecule has 0 aromatic rings. The molecule has 1 rings (SSSR count). The van der Waals surface area contributed by atoms with Crippen LogP contribution in [-0.2, 0) is 9.59 Å². The molecule has 0 spiro atoms. The van der Waals surface area contributed by atoms with Crippen LogP contribution in [0.25, 0.3) is 0 Å². The number of allylic oxidation sites excluding steroid dienone is 2. The van der Waals surface area contributed by atoms with Gasteiger partial charge in [0.2, 0.25) is 5.91 Å². The van der Waals surface area contributed by atoms with Gasteiger partial charge in [-0.15, -0.1) is 0 Å². The highest BCUT2D eigenvalue weighted by Crippen LogP contribution is 2.21. The Morgan fingerprint density at radius 3 is 2.50 bits per heavy atom. The fourth-order valence-electron chi connectivity index (χ4n) is 2.49. The summed E-state index contributed by atoms with van der Waals surface area (Å²) in [5.41, 5.74) is 1.12. The Kier molecular flexibility index (Phi) is 6.71. The van der Waals surface area contributed by atoms with Crippen LogP contribution in [0.15, 0.2) is 11.8 Å². The topological polar surface area (TPSA) is 60.9 Å². The van der Waals surface area contributed by atoms with Crippen molar-refractivity contribution in [3.63, 3.8) is 0 Å². The normalized spacial score (nSPS) is 16.1. The highest BCUT2D eigenvalue weighted by molar-refractivity contribution is 5.80. The van der Waals surface area contributed by atoms with Gasteiger partial charge in [-0.1, -0.05) is 19.9 Å². The number of carboxylic acids is 1. The molecule has 0 saturated heterocycles. The van der Waals surface area contributed by atoms with Gasteiger partial charge in [0.05, 0.1) is 12.5 Å². The van der Waals surface area contributed by atoms with Crippen molar-refractivity contribution < 1.29 is 14.7 Å². The van der Waals surface area contributed by atoms with E-state index < -0.39 is 11.9 Å². The monoisotopic (exact) mass is 282 g/mol. The first kappa shape index (κ1) is 16.7. The van der Waals surface area contributed by atoms with Gasteiger partial charge >= 0.3 is 5.97 Å². The van der Waals surface area contributed by atoms with Crippen molar-refractivity contribution in [1.82, 2.24) is 9.80 Å². The van der Waals surface area contributed by atoms with Gasteiger partial charge in [-0.2, -0.15) is 0 Å². The van der Waals surface area contributed by atoms with Gasteiger partial charge in [-0.3, -0.25) is 14.5 Å². The van der Waals surface area contributed by atoms with E-state index in [4.69, 9.17) is 5.11 Å². The molecule has 1 unspecified atom stereocenters. The van der Waals surface area contributed by atoms with E-state index >= 15 is 0 Å². The van der Waals surface area contributed by atoms with Crippen molar-refractivity contribution in [2.75, 3.05) is 26.2 Å². The van der Waals surface area contributed by atoms with Crippen LogP contribution in [0.2, 0.25) is 0 Å². The van der Waals surface area contributed by atoms with Gasteiger partial charge in [0.1, 0.15) is 0 Å². The smallest absolute Gasteiger partial charge is 0.307 e. The summed E-state index contributed by atoms with van der Waals surface area (Å²) in [5.74, 6) is -1.20. The van der Waals surface area contributed by atoms with E-state index in [1.54, 1.807) is 6.92 Å². The molecule has 1 amide bonds. The van der Waals surface area contributed by atoms with E-state index in [0.717, 1.165) is 25.0 Å². The van der Waals surface area contributed by atoms with Crippen molar-refractivity contribution in [3.8, 4) is 0 Å². The largest absolute Gasteiger partial charge is 0.481 e. The number of carboxylic acid groups (broad SMARTS) is 1. The minimum absolute atomic E-state index is 0.0695. The average Bonchev–Trinajstić information content (AvgIpc) is 2.92. The van der Waals surface area contributed by atoms with Crippen molar-refractivity contribution in [3.05, 3.63) is 11.8 Å². The minimum Gasteiger partial charge on any atom is -0.481 e. The molecule has 0 heterocycles. The highest BCUT2D eigenvalue weighted by atomic mass is 16.4. The van der Waals surface area contributed by atoms with Crippen LogP contribution < -0.4 is 0 Å². The summed E-state index contributed by atoms with van der Waals surface area (Å²) >= 11 is 0. The molecule has 0 aromatic carbocycles. The lowest BCUT2D eigenvalue weighted by Crippen LogP contribution is -2.42. The zero-order valence-corrected chi connectivity index (χ0v) is 12.8. The Morgan fingerprint density at radius 2 is 2.05 bits per heavy atom. The maximum Gasteiger partial charge on any atom is 0.307 e. The molecule has 0 aliphatic heterocycles. The van der Waals surface area contributed by atoms with E-state index in [-0.39, 0.29) is 5.91 Å². The van der Waals surface area contributed by atoms with E-state index in [1.807, 2.05) is 23.6 Å². The van der Waals surface area contributed by atoms with Crippen LogP contribution in [0.4, 0.5) is 0 Å². The fraction of sp³-hybridized carbons (Fsp3) is 0.733. The molecule has 5 nitrogen and oxygen atoms in total. The summed E-state index contributed by atoms with van der Waals surface area (Å²) in [4.78, 5) is 27.0. The number of rotatable bonds is 8. The predicted molar refractivity (Wildman–Crippen MR) is 78.2 cm³/mol. The molecule has 5 heteroatoms. The van der Waals surface area contributed by atoms with E-state index in [2.05, 4.69) is 6.08 Å². The first-order chi connectivity index (χ1) is 9.49. The summed E-state index contributed by atoms with van der Waals surface area (Å²) < 4.78 is 0. The van der Waals surface area contributed by atoms with E-state index in [1.165, 1.54) is 0 Å². The quantitative estimate of drug-likeness (QED) is 0.739. The molecule has 1 aliphatic carbocycles. The number of hydrogen-bond donors (Lipinski definition) is 1. The highest BCUT2D eigenvalue weighted by Gasteiger charge is 2.22. The van der Waals surface area contributed by atoms with Crippen molar-refractivity contribution in [1.29, 1.82) is 0 Å². The molecular formula is C15H26N2O3. The molecule has 20 heavy (non-hydrogen) atoms. The Balaban J connectivity index is 2.58. The Labute approximate surface area is 121 Å². The molecular weight excluding hydrogens is 256 g/mol. The Bertz CT molecular complexity index is 379. The second-order valence-electron chi connectivity index (χ2n) is 5.29. The van der Waals surface area contributed by atoms with Crippen LogP contribution in [0, 0.1) is 5.92 Å². The first-order valence-corrected chi connectivity index (χ1v) is 7.44. The third-order valence-corrected chi connectivity index (χ3v) is 3.74. The number of amides is 1. The number of carbonyl (C=O) groups is 2. The maximum atomic E-state index is 12.4. The van der Waals surface area contributed by atoms with Gasteiger partial charge in [0.15, 0.2) is 0 Å². The summed E-state index contributed by atoms with van der Waals surface area (Å²) in [6, 6.07) is 0. The van der Waals surface area contributed by atoms with Gasteiger partial charge < -0.3 is 10.0 Å². The molecule has 1 atom stereocenters. The van der Waals surface area contributed by atoms with Gasteiger partial charge in [0, 0.05) is 18.8 Å². The van der Waals surface area contributed by atoms with Crippen LogP contribution in [0.1, 0.15) is 40.0 Å². The van der Waals surface area contributed by atoms with Crippen LogP contribution in [0.5, 0.6) is 0 Å². The second kappa shape index (κ2) is 8.04. The van der Waals surface area contributed by atoms with E-state index in [0.29, 0.717) is 26.2 Å². The number of hydrogen-bond acceptors (Lipinski definition) is 3. The first-order valence-electron chi connectivity index (χ1n) is 7.44. The fourth-order valence-corrected chi connectivity index (χ4v) is 2.49. The van der Waals surface area contributed by atoms with Crippen molar-refractivity contribution in [2.24, 2.45) is 5.92 Å². The zero-order valence-electron chi connectivity index (χ0n) is 12.8. The number of carbonyl (C=O) groups excluding carboxylic acids is 1. The molecule has 0 saturated carbocycles. The SMILES string of the molecule is CCN(CC(=O)N(CC)C1=CCCC1)CC(C)C(=O)O. The van der Waals surface area contributed by atoms with Crippen LogP contribution in [0.3, 0.4) is 0 Å². The van der Waals surface area contributed by atoms with Crippen molar-refractivity contribution >= 4 is 11.9 Å². The molecule has 0 aromatic heterocycles. The lowest BCUT2D eigenvalue weighted by Gasteiger charge is -2.27. The number of nitrogens with zero attached hydrogens (tertiary/aromatic N) is 2. The third kappa shape index (κ3) is 4.63. The number of aliphatic carboxylic acids is 1. The van der Waals surface area contributed by atoms with Crippen LogP contribution >= 0.6 is 0 Å². The Hall–Kier alpha value is -1.36. The van der Waals surface area contributed by atoms with E-state index in [9.17, 15) is 9.59 Å². The standard InChI is InChI=1S/C15H26N2O3/c1-4-16(10-12(3)15(19)20)11-14(18)17(5-2)13-8-6-7-9-13/h8,12H,4-7,9-11H2,1-3H3,(H,19,20). The predicted octanol–water partition coefficient (Wildman–Crippen LogP) is 1.95. The number of likely N-dealkylation sites (N-methyl/N-ethyl adjacent to an activating group) is 2. The van der Waals surface area contributed by atoms with Gasteiger partial charge in [-0.25, -0.2) is 0 Å². The summed E-state index contributed by atoms with van der Waals surface area (Å²) in [6.45, 7) is 7.66. The van der Waals surface area contributed by atoms with Gasteiger partial charge in [0.25, 0.3) is 0 Å². The molecule has 114 valence electrons. The van der Waals surface area contributed by atoms with Crippen LogP contribution in [-0.4, -0.2) is 53.0 Å². The lowest BCUT2D eigenvalue weighted by molar-refractivity contribution is -0.142. The molecule has 0 radical (unpaired) electrons. The average molecular weight is 282 g/mol. The van der Waals surface area contributed by atoms with Gasteiger partial charge in [-0.05, 0) is 32.7 Å². The molecule has 1 N–H and O–H groups in total. The maximum absolute atomic E-state index is 12.4. The minimum atomic E-state index is -0.818. The summed E-state index contributed by atoms with van der Waals surface area (Å²) in [6.07, 6.45) is 5.27. The molecule has 0 fully saturated rings. The third-order valence-electron chi connectivity index (χ3n) is 3.74. The molecule has 1 aliphatic rings. The Morgan fingerprint density at radius 1 is 1.35 bits per heavy atom. The summed E-state index contributed by atoms with van der Waals surface area (Å²) in [7, 11) is 0.